The molecule has 0 bridgehead atoms. The third kappa shape index (κ3) is 7.64. The maximum absolute atomic E-state index is 14.0. The maximum atomic E-state index is 14.0. The first-order chi connectivity index (χ1) is 24.1. The van der Waals surface area contributed by atoms with E-state index in [4.69, 9.17) is 14.2 Å². The smallest absolute Gasteiger partial charge is 0.416 e. The number of carbonyl (C=O) groups excluding carboxylic acids is 2. The number of amides is 1. The molecule has 1 aliphatic heterocycles. The topological polar surface area (TPSA) is 78.0 Å². The number of rotatable bonds is 8. The molecule has 0 N–H and O–H groups in total. The zero-order valence-corrected chi connectivity index (χ0v) is 29.0. The van der Waals surface area contributed by atoms with Crippen LogP contribution in [0, 0.1) is 12.3 Å². The number of ether oxygens (including phenoxy) is 3. The molecule has 1 aromatic heterocycles. The number of hydrogen-bond acceptors (Lipinski definition) is 7. The van der Waals surface area contributed by atoms with Gasteiger partial charge in [-0.15, -0.1) is 11.3 Å². The summed E-state index contributed by atoms with van der Waals surface area (Å²) in [5, 5.41) is 0.0831. The molecule has 1 saturated heterocycles. The Labute approximate surface area is 295 Å². The third-order valence-corrected chi connectivity index (χ3v) is 9.85. The summed E-state index contributed by atoms with van der Waals surface area (Å²) in [5.41, 5.74) is -4.89. The van der Waals surface area contributed by atoms with Crippen molar-refractivity contribution in [1.82, 2.24) is 9.88 Å². The van der Waals surface area contributed by atoms with Crippen LogP contribution in [0.15, 0.2) is 59.7 Å². The normalized spacial score (nSPS) is 21.1. The fourth-order valence-electron chi connectivity index (χ4n) is 6.48. The highest BCUT2D eigenvalue weighted by atomic mass is 32.1. The number of halogens is 9. The lowest BCUT2D eigenvalue weighted by molar-refractivity contribution is -0.137. The van der Waals surface area contributed by atoms with Gasteiger partial charge in [0.05, 0.1) is 43.1 Å². The van der Waals surface area contributed by atoms with Gasteiger partial charge in [-0.2, -0.15) is 39.5 Å². The molecule has 1 amide bonds. The molecule has 280 valence electrons. The van der Waals surface area contributed by atoms with Crippen molar-refractivity contribution in [2.75, 3.05) is 13.7 Å². The minimum atomic E-state index is -5.15. The highest BCUT2D eigenvalue weighted by Gasteiger charge is 2.54. The van der Waals surface area contributed by atoms with Crippen LogP contribution in [0.3, 0.4) is 0 Å². The second kappa shape index (κ2) is 13.8. The lowest BCUT2D eigenvalue weighted by Gasteiger charge is -2.38. The van der Waals surface area contributed by atoms with Crippen molar-refractivity contribution in [2.24, 2.45) is 5.41 Å². The summed E-state index contributed by atoms with van der Waals surface area (Å²) in [7, 11) is 1.33. The average molecular weight is 763 g/mol. The summed E-state index contributed by atoms with van der Waals surface area (Å²) in [6.07, 6.45) is -18.1. The minimum Gasteiger partial charge on any atom is -0.496 e. The number of aryl methyl sites for hydroxylation is 1. The van der Waals surface area contributed by atoms with Crippen LogP contribution in [0.25, 0.3) is 22.4 Å². The summed E-state index contributed by atoms with van der Waals surface area (Å²) in [6, 6.07) is 6.35. The average Bonchev–Trinajstić information content (AvgIpc) is 3.58. The van der Waals surface area contributed by atoms with Crippen molar-refractivity contribution in [3.8, 4) is 28.1 Å². The molecule has 2 heterocycles. The Morgan fingerprint density at radius 2 is 1.71 bits per heavy atom. The van der Waals surface area contributed by atoms with Gasteiger partial charge in [-0.05, 0) is 74.7 Å². The molecule has 7 nitrogen and oxygen atoms in total. The van der Waals surface area contributed by atoms with Crippen molar-refractivity contribution in [1.29, 1.82) is 0 Å². The van der Waals surface area contributed by atoms with Gasteiger partial charge < -0.3 is 14.2 Å². The number of hydrogen-bond donors (Lipinski definition) is 0. The lowest BCUT2D eigenvalue weighted by atomic mass is 9.71. The molecule has 17 heteroatoms. The zero-order chi connectivity index (χ0) is 38.6. The second-order valence-electron chi connectivity index (χ2n) is 12.5. The van der Waals surface area contributed by atoms with Crippen molar-refractivity contribution in [3.63, 3.8) is 0 Å². The van der Waals surface area contributed by atoms with Gasteiger partial charge in [-0.25, -0.2) is 14.6 Å². The number of aromatic nitrogens is 1. The van der Waals surface area contributed by atoms with E-state index in [0.29, 0.717) is 22.2 Å². The molecule has 3 atom stereocenters. The monoisotopic (exact) mass is 762 g/mol. The van der Waals surface area contributed by atoms with E-state index in [9.17, 15) is 49.1 Å². The Morgan fingerprint density at radius 3 is 2.31 bits per heavy atom. The Hall–Kier alpha value is -4.54. The van der Waals surface area contributed by atoms with Gasteiger partial charge in [0.15, 0.2) is 0 Å². The molecular weight excluding hydrogens is 731 g/mol. The second-order valence-corrected chi connectivity index (χ2v) is 13.8. The number of benzene rings is 2. The summed E-state index contributed by atoms with van der Waals surface area (Å²) < 4.78 is 141. The Bertz CT molecular complexity index is 1950. The minimum absolute atomic E-state index is 0.0160. The predicted octanol–water partition coefficient (Wildman–Crippen LogP) is 10.1. The molecule has 2 aromatic carbocycles. The van der Waals surface area contributed by atoms with E-state index in [-0.39, 0.29) is 40.1 Å². The maximum Gasteiger partial charge on any atom is 0.416 e. The highest BCUT2D eigenvalue weighted by molar-refractivity contribution is 7.13. The number of esters is 1. The van der Waals surface area contributed by atoms with E-state index < -0.39 is 77.8 Å². The first kappa shape index (κ1) is 38.7. The fraction of sp³-hybridized carbons (Fsp3) is 0.400. The molecular formula is C35H31F9N2O5S. The molecule has 0 spiro atoms. The van der Waals surface area contributed by atoms with Crippen LogP contribution in [0.4, 0.5) is 44.3 Å². The lowest BCUT2D eigenvalue weighted by Crippen LogP contribution is -2.44. The van der Waals surface area contributed by atoms with E-state index in [1.54, 1.807) is 26.0 Å². The standard InChI is InChI=1S/C35H31F9N2O5S/c1-6-50-30(47)29-45-27(18(3)52-29)19-7-10-26(49-5)25(12-19)24-9-8-21(33(36,37)38)11-20(24)16-46-17(2)28(51-31(46)48)32(4)14-22(34(39,40)41)13-23(15-32)35(42,43)44/h7-14,17,28H,6,15-16H2,1-5H3/t17-,28-,32?/m0/s1. The van der Waals surface area contributed by atoms with Gasteiger partial charge in [-0.1, -0.05) is 19.1 Å². The number of cyclic esters (lactones) is 1. The van der Waals surface area contributed by atoms with Crippen LogP contribution in [0.5, 0.6) is 5.75 Å². The van der Waals surface area contributed by atoms with Gasteiger partial charge in [-0.3, -0.25) is 4.90 Å². The predicted molar refractivity (Wildman–Crippen MR) is 172 cm³/mol. The van der Waals surface area contributed by atoms with Gasteiger partial charge in [0.1, 0.15) is 11.9 Å². The zero-order valence-electron chi connectivity index (χ0n) is 28.1. The largest absolute Gasteiger partial charge is 0.496 e. The van der Waals surface area contributed by atoms with Gasteiger partial charge >= 0.3 is 30.6 Å². The molecule has 3 aromatic rings. The molecule has 0 saturated carbocycles. The van der Waals surface area contributed by atoms with Crippen LogP contribution in [0.1, 0.15) is 53.0 Å². The molecule has 0 radical (unpaired) electrons. The number of thiazole rings is 1. The molecule has 1 unspecified atom stereocenters. The summed E-state index contributed by atoms with van der Waals surface area (Å²) in [5.74, 6) is -0.424. The number of carbonyl (C=O) groups is 2. The number of allylic oxidation sites excluding steroid dienone is 3. The summed E-state index contributed by atoms with van der Waals surface area (Å²) in [6.45, 7) is 5.35. The van der Waals surface area contributed by atoms with Crippen molar-refractivity contribution in [3.05, 3.63) is 80.7 Å². The molecule has 5 rings (SSSR count). The van der Waals surface area contributed by atoms with E-state index >= 15 is 0 Å². The van der Waals surface area contributed by atoms with Crippen molar-refractivity contribution >= 4 is 23.4 Å². The van der Waals surface area contributed by atoms with Crippen LogP contribution >= 0.6 is 11.3 Å². The van der Waals surface area contributed by atoms with Gasteiger partial charge in [0.25, 0.3) is 0 Å². The quantitative estimate of drug-likeness (QED) is 0.168. The van der Waals surface area contributed by atoms with Crippen LogP contribution in [0.2, 0.25) is 0 Å². The van der Waals surface area contributed by atoms with Gasteiger partial charge in [0, 0.05) is 27.0 Å². The van der Waals surface area contributed by atoms with E-state index in [2.05, 4.69) is 4.98 Å². The first-order valence-corrected chi connectivity index (χ1v) is 16.5. The summed E-state index contributed by atoms with van der Waals surface area (Å²) >= 11 is 1.08. The highest BCUT2D eigenvalue weighted by Crippen LogP contribution is 2.50. The summed E-state index contributed by atoms with van der Waals surface area (Å²) in [4.78, 5) is 31.6. The van der Waals surface area contributed by atoms with E-state index in [1.165, 1.54) is 26.2 Å². The Morgan fingerprint density at radius 1 is 1.02 bits per heavy atom. The molecule has 1 fully saturated rings. The Balaban J connectivity index is 1.57. The van der Waals surface area contributed by atoms with Crippen molar-refractivity contribution < 1.29 is 63.3 Å². The van der Waals surface area contributed by atoms with E-state index in [0.717, 1.165) is 35.3 Å². The molecule has 52 heavy (non-hydrogen) atoms. The van der Waals surface area contributed by atoms with Gasteiger partial charge in [0.2, 0.25) is 5.01 Å². The Kier molecular flexibility index (Phi) is 10.3. The molecule has 1 aliphatic carbocycles. The van der Waals surface area contributed by atoms with Crippen molar-refractivity contribution in [2.45, 2.75) is 71.3 Å². The number of alkyl halides is 9. The number of methoxy groups -OCH3 is 1. The number of nitrogens with zero attached hydrogens (tertiary/aromatic N) is 2. The van der Waals surface area contributed by atoms with E-state index in [1.807, 2.05) is 0 Å². The van der Waals surface area contributed by atoms with Crippen LogP contribution in [-0.2, 0) is 22.2 Å². The fourth-order valence-corrected chi connectivity index (χ4v) is 7.31. The SMILES string of the molecule is CCOC(=O)c1nc(-c2ccc(OC)c(-c3ccc(C(F)(F)F)cc3CN3C(=O)O[C@H](C4(C)C=C(C(F)(F)F)C=C(C(F)(F)F)C4)[C@@H]3C)c2)c(C)s1. The van der Waals surface area contributed by atoms with Crippen LogP contribution in [-0.4, -0.2) is 60.2 Å². The van der Waals surface area contributed by atoms with Crippen LogP contribution < -0.4 is 4.74 Å². The third-order valence-electron chi connectivity index (χ3n) is 8.90. The molecule has 2 aliphatic rings. The first-order valence-electron chi connectivity index (χ1n) is 15.7.